The minimum absolute atomic E-state index is 0.142. The lowest BCUT2D eigenvalue weighted by molar-refractivity contribution is -0.158. The van der Waals surface area contributed by atoms with Gasteiger partial charge in [-0.15, -0.1) is 0 Å². The van der Waals surface area contributed by atoms with Crippen LogP contribution in [0.25, 0.3) is 5.57 Å². The average molecular weight is 460 g/mol. The van der Waals surface area contributed by atoms with Gasteiger partial charge in [0, 0.05) is 0 Å². The van der Waals surface area contributed by atoms with Crippen molar-refractivity contribution in [2.75, 3.05) is 0 Å². The second-order valence-corrected chi connectivity index (χ2v) is 9.78. The molecule has 4 nitrogen and oxygen atoms in total. The van der Waals surface area contributed by atoms with Crippen molar-refractivity contribution in [2.45, 2.75) is 70.8 Å². The molecule has 2 aliphatic rings. The van der Waals surface area contributed by atoms with Crippen molar-refractivity contribution in [3.8, 4) is 11.5 Å². The van der Waals surface area contributed by atoms with Crippen molar-refractivity contribution in [3.63, 3.8) is 0 Å². The zero-order valence-electron chi connectivity index (χ0n) is 19.3. The summed E-state index contributed by atoms with van der Waals surface area (Å²) < 4.78 is 50.8. The smallest absolute Gasteiger partial charge is 0.416 e. The standard InChI is InChI=1S/C26H27F3O4/c1-14-12-16(26(27,28)29)8-11-20(14)32-17-9-10-18(15-6-7-15)19(13-17)21-22(30)24(2,3)33-25(4,5)23(21)31/h8-13,15,30H,6-7H2,1-5H3. The van der Waals surface area contributed by atoms with Gasteiger partial charge in [-0.1, -0.05) is 6.07 Å². The summed E-state index contributed by atoms with van der Waals surface area (Å²) in [5, 5.41) is 11.0. The summed E-state index contributed by atoms with van der Waals surface area (Å²) in [6.45, 7) is 8.31. The van der Waals surface area contributed by atoms with E-state index in [1.165, 1.54) is 6.07 Å². The van der Waals surface area contributed by atoms with Crippen LogP contribution in [-0.4, -0.2) is 22.1 Å². The van der Waals surface area contributed by atoms with Gasteiger partial charge in [0.25, 0.3) is 0 Å². The van der Waals surface area contributed by atoms with E-state index in [0.29, 0.717) is 16.9 Å². The van der Waals surface area contributed by atoms with Crippen LogP contribution in [-0.2, 0) is 15.7 Å². The van der Waals surface area contributed by atoms with Crippen molar-refractivity contribution >= 4 is 11.4 Å². The largest absolute Gasteiger partial charge is 0.508 e. The van der Waals surface area contributed by atoms with Gasteiger partial charge in [0.15, 0.2) is 5.78 Å². The number of ketones is 1. The zero-order chi connectivity index (χ0) is 24.3. The first-order chi connectivity index (χ1) is 15.2. The fraction of sp³-hybridized carbons (Fsp3) is 0.423. The Bertz CT molecular complexity index is 1150. The first-order valence-electron chi connectivity index (χ1n) is 10.9. The normalized spacial score (nSPS) is 20.2. The Morgan fingerprint density at radius 3 is 2.27 bits per heavy atom. The molecule has 0 saturated heterocycles. The van der Waals surface area contributed by atoms with E-state index in [-0.39, 0.29) is 28.8 Å². The van der Waals surface area contributed by atoms with Gasteiger partial charge in [-0.25, -0.2) is 0 Å². The first kappa shape index (κ1) is 23.4. The van der Waals surface area contributed by atoms with Crippen LogP contribution in [0.2, 0.25) is 0 Å². The van der Waals surface area contributed by atoms with Gasteiger partial charge in [-0.3, -0.25) is 4.79 Å². The van der Waals surface area contributed by atoms with Gasteiger partial charge >= 0.3 is 6.18 Å². The minimum Gasteiger partial charge on any atom is -0.508 e. The number of rotatable bonds is 4. The average Bonchev–Trinajstić information content (AvgIpc) is 3.52. The van der Waals surface area contributed by atoms with Crippen LogP contribution in [0.1, 0.15) is 68.7 Å². The molecule has 0 atom stereocenters. The summed E-state index contributed by atoms with van der Waals surface area (Å²) in [7, 11) is 0. The summed E-state index contributed by atoms with van der Waals surface area (Å²) in [5.74, 6) is 0.461. The molecule has 7 heteroatoms. The molecule has 0 aromatic heterocycles. The van der Waals surface area contributed by atoms with Crippen molar-refractivity contribution in [1.29, 1.82) is 0 Å². The van der Waals surface area contributed by atoms with E-state index in [1.54, 1.807) is 46.8 Å². The maximum atomic E-state index is 13.3. The van der Waals surface area contributed by atoms with Gasteiger partial charge in [0.1, 0.15) is 28.5 Å². The molecule has 33 heavy (non-hydrogen) atoms. The quantitative estimate of drug-likeness (QED) is 0.528. The Morgan fingerprint density at radius 2 is 1.70 bits per heavy atom. The lowest BCUT2D eigenvalue weighted by atomic mass is 9.81. The third-order valence-corrected chi connectivity index (χ3v) is 6.13. The predicted molar refractivity (Wildman–Crippen MR) is 118 cm³/mol. The molecule has 1 aliphatic carbocycles. The van der Waals surface area contributed by atoms with Crippen molar-refractivity contribution in [3.05, 3.63) is 64.4 Å². The predicted octanol–water partition coefficient (Wildman–Crippen LogP) is 7.11. The van der Waals surface area contributed by atoms with Gasteiger partial charge in [0.2, 0.25) is 0 Å². The highest BCUT2D eigenvalue weighted by molar-refractivity contribution is 6.26. The summed E-state index contributed by atoms with van der Waals surface area (Å²) >= 11 is 0. The van der Waals surface area contributed by atoms with Crippen molar-refractivity contribution in [1.82, 2.24) is 0 Å². The number of hydrogen-bond acceptors (Lipinski definition) is 4. The number of alkyl halides is 3. The molecule has 1 N–H and O–H groups in total. The molecule has 0 unspecified atom stereocenters. The van der Waals surface area contributed by atoms with Gasteiger partial charge in [0.05, 0.1) is 11.1 Å². The molecular weight excluding hydrogens is 433 g/mol. The Balaban J connectivity index is 1.79. The first-order valence-corrected chi connectivity index (χ1v) is 10.9. The van der Waals surface area contributed by atoms with E-state index in [9.17, 15) is 23.1 Å². The van der Waals surface area contributed by atoms with E-state index in [0.717, 1.165) is 30.5 Å². The molecule has 176 valence electrons. The number of halogens is 3. The molecule has 1 heterocycles. The molecule has 2 aromatic carbocycles. The lowest BCUT2D eigenvalue weighted by Gasteiger charge is -2.40. The molecule has 2 aromatic rings. The minimum atomic E-state index is -4.44. The SMILES string of the molecule is Cc1cc(C(F)(F)F)ccc1Oc1ccc(C2CC2)c(C2=C(O)C(C)(C)OC(C)(C)C2=O)c1. The molecule has 1 fully saturated rings. The number of carbonyl (C=O) groups excluding carboxylic acids is 1. The number of carbonyl (C=O) groups is 1. The third kappa shape index (κ3) is 4.38. The van der Waals surface area contributed by atoms with E-state index in [4.69, 9.17) is 9.47 Å². The van der Waals surface area contributed by atoms with Crippen LogP contribution in [0.4, 0.5) is 13.2 Å². The fourth-order valence-corrected chi connectivity index (χ4v) is 4.32. The van der Waals surface area contributed by atoms with Crippen LogP contribution in [0.15, 0.2) is 42.2 Å². The Kier molecular flexibility index (Phi) is 5.39. The fourth-order valence-electron chi connectivity index (χ4n) is 4.32. The highest BCUT2D eigenvalue weighted by atomic mass is 19.4. The molecular formula is C26H27F3O4. The topological polar surface area (TPSA) is 55.8 Å². The number of aliphatic hydroxyl groups is 1. The molecule has 1 aliphatic heterocycles. The molecule has 0 amide bonds. The van der Waals surface area contributed by atoms with Gasteiger partial charge in [-0.05, 0) is 100 Å². The number of benzene rings is 2. The van der Waals surface area contributed by atoms with Crippen LogP contribution >= 0.6 is 0 Å². The summed E-state index contributed by atoms with van der Waals surface area (Å²) in [6, 6.07) is 8.59. The number of aryl methyl sites for hydroxylation is 1. The van der Waals surface area contributed by atoms with Crippen molar-refractivity contribution in [2.24, 2.45) is 0 Å². The molecule has 1 saturated carbocycles. The molecule has 4 rings (SSSR count). The number of ether oxygens (including phenoxy) is 2. The highest BCUT2D eigenvalue weighted by Crippen LogP contribution is 2.48. The number of hydrogen-bond donors (Lipinski definition) is 1. The summed E-state index contributed by atoms with van der Waals surface area (Å²) in [6.07, 6.45) is -2.47. The van der Waals surface area contributed by atoms with E-state index in [2.05, 4.69) is 0 Å². The Labute approximate surface area is 191 Å². The lowest BCUT2D eigenvalue weighted by Crippen LogP contribution is -2.49. The van der Waals surface area contributed by atoms with Crippen LogP contribution in [0.3, 0.4) is 0 Å². The van der Waals surface area contributed by atoms with Crippen LogP contribution < -0.4 is 4.74 Å². The van der Waals surface area contributed by atoms with Crippen LogP contribution in [0, 0.1) is 6.92 Å². The second-order valence-electron chi connectivity index (χ2n) is 9.78. The second kappa shape index (κ2) is 7.62. The molecule has 0 spiro atoms. The van der Waals surface area contributed by atoms with Crippen molar-refractivity contribution < 1.29 is 32.5 Å². The zero-order valence-corrected chi connectivity index (χ0v) is 19.3. The van der Waals surface area contributed by atoms with E-state index in [1.807, 2.05) is 6.07 Å². The number of aliphatic hydroxyl groups excluding tert-OH is 1. The maximum Gasteiger partial charge on any atom is 0.416 e. The highest BCUT2D eigenvalue weighted by Gasteiger charge is 2.48. The molecule has 0 bridgehead atoms. The Morgan fingerprint density at radius 1 is 1.03 bits per heavy atom. The molecule has 0 radical (unpaired) electrons. The van der Waals surface area contributed by atoms with Gasteiger partial charge in [-0.2, -0.15) is 13.2 Å². The maximum absolute atomic E-state index is 13.3. The van der Waals surface area contributed by atoms with E-state index < -0.39 is 22.9 Å². The van der Waals surface area contributed by atoms with Crippen LogP contribution in [0.5, 0.6) is 11.5 Å². The van der Waals surface area contributed by atoms with Gasteiger partial charge < -0.3 is 14.6 Å². The third-order valence-electron chi connectivity index (χ3n) is 6.13. The summed E-state index contributed by atoms with van der Waals surface area (Å²) in [4.78, 5) is 13.3. The monoisotopic (exact) mass is 460 g/mol. The van der Waals surface area contributed by atoms with E-state index >= 15 is 0 Å². The number of Topliss-reactive ketones (excluding diaryl/α,β-unsaturated/α-hetero) is 1. The Hall–Kier alpha value is -2.80. The summed E-state index contributed by atoms with van der Waals surface area (Å²) in [5.41, 5.74) is -0.885.